The highest BCUT2D eigenvalue weighted by molar-refractivity contribution is 7.13. The molecule has 0 saturated carbocycles. The molecule has 0 fully saturated rings. The van der Waals surface area contributed by atoms with Crippen molar-refractivity contribution in [1.29, 1.82) is 0 Å². The summed E-state index contributed by atoms with van der Waals surface area (Å²) in [7, 11) is 3.12. The lowest BCUT2D eigenvalue weighted by molar-refractivity contribution is -0.0498. The molecular weight excluding hydrogens is 404 g/mol. The first kappa shape index (κ1) is 20.5. The van der Waals surface area contributed by atoms with Gasteiger partial charge in [0.15, 0.2) is 11.5 Å². The average molecular weight is 421 g/mol. The molecule has 0 aliphatic heterocycles. The lowest BCUT2D eigenvalue weighted by atomic mass is 10.2. The van der Waals surface area contributed by atoms with Gasteiger partial charge in [0.2, 0.25) is 0 Å². The summed E-state index contributed by atoms with van der Waals surface area (Å²) in [5.74, 6) is 0.587. The monoisotopic (exact) mass is 421 g/mol. The van der Waals surface area contributed by atoms with Gasteiger partial charge in [-0.15, -0.1) is 11.3 Å². The summed E-state index contributed by atoms with van der Waals surface area (Å²) in [4.78, 5) is 16.6. The van der Waals surface area contributed by atoms with E-state index in [0.717, 1.165) is 10.6 Å². The van der Waals surface area contributed by atoms with Gasteiger partial charge < -0.3 is 18.9 Å². The number of carbonyl (C=O) groups excluding carboxylic acids is 1. The minimum Gasteiger partial charge on any atom is -0.493 e. The Morgan fingerprint density at radius 3 is 2.45 bits per heavy atom. The van der Waals surface area contributed by atoms with E-state index in [-0.39, 0.29) is 17.9 Å². The van der Waals surface area contributed by atoms with E-state index >= 15 is 0 Å². The minimum absolute atomic E-state index is 0.0160. The van der Waals surface area contributed by atoms with E-state index in [1.54, 1.807) is 25.7 Å². The summed E-state index contributed by atoms with van der Waals surface area (Å²) in [6.45, 7) is -2.94. The van der Waals surface area contributed by atoms with Gasteiger partial charge in [0.1, 0.15) is 17.4 Å². The number of ether oxygens (including phenoxy) is 4. The van der Waals surface area contributed by atoms with Gasteiger partial charge in [0.25, 0.3) is 0 Å². The quantitative estimate of drug-likeness (QED) is 0.488. The minimum atomic E-state index is -2.92. The van der Waals surface area contributed by atoms with Crippen LogP contribution < -0.4 is 14.2 Å². The fourth-order valence-electron chi connectivity index (χ4n) is 2.47. The first-order valence-electron chi connectivity index (χ1n) is 8.39. The zero-order chi connectivity index (χ0) is 20.8. The van der Waals surface area contributed by atoms with Gasteiger partial charge in [0, 0.05) is 10.9 Å². The van der Waals surface area contributed by atoms with Gasteiger partial charge >= 0.3 is 12.6 Å². The summed E-state index contributed by atoms with van der Waals surface area (Å²) in [5, 5.41) is 2.53. The van der Waals surface area contributed by atoms with Crippen molar-refractivity contribution < 1.29 is 32.5 Å². The zero-order valence-corrected chi connectivity index (χ0v) is 16.4. The molecule has 0 N–H and O–H groups in total. The van der Waals surface area contributed by atoms with Gasteiger partial charge in [-0.2, -0.15) is 8.78 Å². The maximum atomic E-state index is 12.2. The molecule has 0 spiro atoms. The van der Waals surface area contributed by atoms with Crippen LogP contribution in [0.3, 0.4) is 0 Å². The highest BCUT2D eigenvalue weighted by Crippen LogP contribution is 2.33. The third kappa shape index (κ3) is 5.20. The van der Waals surface area contributed by atoms with Gasteiger partial charge in [0.05, 0.1) is 25.5 Å². The Bertz CT molecular complexity index is 975. The standard InChI is InChI=1S/C20H17F2NO5S/c1-25-16-8-5-13(9-17(16)26-2)18-23-14(11-29-18)10-27-19(24)12-3-6-15(7-4-12)28-20(21)22/h3-9,11,20H,10H2,1-2H3. The van der Waals surface area contributed by atoms with Crippen LogP contribution >= 0.6 is 11.3 Å². The number of aromatic nitrogens is 1. The van der Waals surface area contributed by atoms with E-state index in [4.69, 9.17) is 14.2 Å². The molecule has 1 heterocycles. The van der Waals surface area contributed by atoms with Crippen LogP contribution in [0, 0.1) is 0 Å². The maximum Gasteiger partial charge on any atom is 0.387 e. The number of esters is 1. The van der Waals surface area contributed by atoms with Gasteiger partial charge in [-0.1, -0.05) is 0 Å². The van der Waals surface area contributed by atoms with Crippen molar-refractivity contribution in [2.24, 2.45) is 0 Å². The number of alkyl halides is 2. The molecule has 0 bridgehead atoms. The fourth-order valence-corrected chi connectivity index (χ4v) is 3.27. The molecule has 0 aliphatic rings. The number of rotatable bonds is 8. The Hall–Kier alpha value is -3.20. The molecule has 2 aromatic carbocycles. The molecule has 3 aromatic rings. The lowest BCUT2D eigenvalue weighted by Gasteiger charge is -2.08. The largest absolute Gasteiger partial charge is 0.493 e. The highest BCUT2D eigenvalue weighted by Gasteiger charge is 2.13. The Morgan fingerprint density at radius 1 is 1.07 bits per heavy atom. The molecule has 9 heteroatoms. The summed E-state index contributed by atoms with van der Waals surface area (Å²) < 4.78 is 44.3. The second-order valence-electron chi connectivity index (χ2n) is 5.69. The maximum absolute atomic E-state index is 12.2. The van der Waals surface area contributed by atoms with Crippen LogP contribution in [0.2, 0.25) is 0 Å². The van der Waals surface area contributed by atoms with Gasteiger partial charge in [-0.3, -0.25) is 0 Å². The molecule has 29 heavy (non-hydrogen) atoms. The summed E-state index contributed by atoms with van der Waals surface area (Å²) in [5.41, 5.74) is 1.66. The van der Waals surface area contributed by atoms with Crippen molar-refractivity contribution in [2.75, 3.05) is 14.2 Å². The van der Waals surface area contributed by atoms with Crippen LogP contribution in [0.4, 0.5) is 8.78 Å². The van der Waals surface area contributed by atoms with Crippen LogP contribution in [0.1, 0.15) is 16.1 Å². The van der Waals surface area contributed by atoms with Crippen molar-refractivity contribution in [1.82, 2.24) is 4.98 Å². The normalized spacial score (nSPS) is 10.7. The number of benzene rings is 2. The fraction of sp³-hybridized carbons (Fsp3) is 0.200. The summed E-state index contributed by atoms with van der Waals surface area (Å²) >= 11 is 1.40. The zero-order valence-electron chi connectivity index (χ0n) is 15.6. The SMILES string of the molecule is COc1ccc(-c2nc(COC(=O)c3ccc(OC(F)F)cc3)cs2)cc1OC. The molecule has 152 valence electrons. The topological polar surface area (TPSA) is 66.9 Å². The van der Waals surface area contributed by atoms with Crippen molar-refractivity contribution in [3.8, 4) is 27.8 Å². The van der Waals surface area contributed by atoms with E-state index in [2.05, 4.69) is 9.72 Å². The molecule has 0 amide bonds. The van der Waals surface area contributed by atoms with E-state index in [1.165, 1.54) is 35.6 Å². The molecule has 0 radical (unpaired) electrons. The number of methoxy groups -OCH3 is 2. The van der Waals surface area contributed by atoms with Crippen molar-refractivity contribution >= 4 is 17.3 Å². The number of halogens is 2. The Labute approximate surface area is 169 Å². The number of nitrogens with zero attached hydrogens (tertiary/aromatic N) is 1. The molecule has 0 unspecified atom stereocenters. The lowest BCUT2D eigenvalue weighted by Crippen LogP contribution is -2.06. The number of hydrogen-bond donors (Lipinski definition) is 0. The molecule has 3 rings (SSSR count). The molecule has 0 aliphatic carbocycles. The molecule has 1 aromatic heterocycles. The highest BCUT2D eigenvalue weighted by atomic mass is 32.1. The van der Waals surface area contributed by atoms with Crippen molar-refractivity contribution in [2.45, 2.75) is 13.2 Å². The Morgan fingerprint density at radius 2 is 1.79 bits per heavy atom. The number of carbonyl (C=O) groups is 1. The average Bonchev–Trinajstić information content (AvgIpc) is 3.20. The van der Waals surface area contributed by atoms with Crippen LogP contribution in [-0.4, -0.2) is 31.8 Å². The number of thiazole rings is 1. The molecular formula is C20H17F2NO5S. The van der Waals surface area contributed by atoms with Crippen molar-refractivity contribution in [3.63, 3.8) is 0 Å². The second-order valence-corrected chi connectivity index (χ2v) is 6.55. The Kier molecular flexibility index (Phi) is 6.61. The first-order chi connectivity index (χ1) is 14.0. The smallest absolute Gasteiger partial charge is 0.387 e. The molecule has 0 saturated heterocycles. The molecule has 6 nitrogen and oxygen atoms in total. The first-order valence-corrected chi connectivity index (χ1v) is 9.27. The third-order valence-electron chi connectivity index (χ3n) is 3.85. The predicted molar refractivity (Wildman–Crippen MR) is 103 cm³/mol. The summed E-state index contributed by atoms with van der Waals surface area (Å²) in [6.07, 6.45) is 0. The van der Waals surface area contributed by atoms with Gasteiger partial charge in [-0.25, -0.2) is 9.78 Å². The van der Waals surface area contributed by atoms with Crippen LogP contribution in [0.25, 0.3) is 10.6 Å². The van der Waals surface area contributed by atoms with E-state index in [0.29, 0.717) is 17.2 Å². The third-order valence-corrected chi connectivity index (χ3v) is 4.79. The van der Waals surface area contributed by atoms with Crippen LogP contribution in [-0.2, 0) is 11.3 Å². The Balaban J connectivity index is 1.62. The van der Waals surface area contributed by atoms with Crippen LogP contribution in [0.5, 0.6) is 17.2 Å². The van der Waals surface area contributed by atoms with E-state index in [9.17, 15) is 13.6 Å². The second kappa shape index (κ2) is 9.33. The summed E-state index contributed by atoms with van der Waals surface area (Å²) in [6, 6.07) is 10.7. The van der Waals surface area contributed by atoms with Gasteiger partial charge in [-0.05, 0) is 42.5 Å². The van der Waals surface area contributed by atoms with Crippen LogP contribution in [0.15, 0.2) is 47.8 Å². The van der Waals surface area contributed by atoms with Crippen molar-refractivity contribution in [3.05, 3.63) is 59.1 Å². The van der Waals surface area contributed by atoms with E-state index in [1.807, 2.05) is 12.1 Å². The van der Waals surface area contributed by atoms with E-state index < -0.39 is 12.6 Å². The molecule has 0 atom stereocenters. The predicted octanol–water partition coefficient (Wildman–Crippen LogP) is 4.79. The number of hydrogen-bond acceptors (Lipinski definition) is 7.